The lowest BCUT2D eigenvalue weighted by atomic mass is 9.95. The molecule has 0 spiro atoms. The second kappa shape index (κ2) is 14.2. The van der Waals surface area contributed by atoms with Crippen LogP contribution in [0.5, 0.6) is 0 Å². The normalized spacial score (nSPS) is 11.1. The summed E-state index contributed by atoms with van der Waals surface area (Å²) < 4.78 is 0. The molecule has 0 aliphatic carbocycles. The standard InChI is InChI=1S/C46H37N3/c1-32-17-21-39(41-25-26-47-45(29-41)42-22-19-34(3)48-31-42)27-36(32)20-18-33(2)44-24-23-40(30-46(44)49-43-15-8-5-9-16-43)38-14-10-13-37(28-38)35-11-6-4-7-12-35/h4-31,49H,2H2,1,3H3/b20-18-. The smallest absolute Gasteiger partial charge is 0.0723 e. The van der Waals surface area contributed by atoms with E-state index >= 15 is 0 Å². The van der Waals surface area contributed by atoms with Gasteiger partial charge < -0.3 is 5.32 Å². The topological polar surface area (TPSA) is 37.8 Å². The van der Waals surface area contributed by atoms with Crippen LogP contribution in [0.25, 0.3) is 56.3 Å². The van der Waals surface area contributed by atoms with Gasteiger partial charge in [0.05, 0.1) is 5.69 Å². The fourth-order valence-corrected chi connectivity index (χ4v) is 5.96. The van der Waals surface area contributed by atoms with Crippen LogP contribution in [0.2, 0.25) is 0 Å². The summed E-state index contributed by atoms with van der Waals surface area (Å²) >= 11 is 0. The second-order valence-corrected chi connectivity index (χ2v) is 12.2. The number of hydrogen-bond acceptors (Lipinski definition) is 3. The first kappa shape index (κ1) is 31.3. The Morgan fingerprint density at radius 3 is 2.00 bits per heavy atom. The minimum Gasteiger partial charge on any atom is -0.355 e. The molecule has 0 unspecified atom stereocenters. The fraction of sp³-hybridized carbons (Fsp3) is 0.0435. The molecule has 49 heavy (non-hydrogen) atoms. The molecule has 236 valence electrons. The van der Waals surface area contributed by atoms with Gasteiger partial charge in [-0.1, -0.05) is 110 Å². The number of benzene rings is 5. The highest BCUT2D eigenvalue weighted by atomic mass is 14.9. The van der Waals surface area contributed by atoms with Gasteiger partial charge in [-0.25, -0.2) is 0 Å². The highest BCUT2D eigenvalue weighted by Crippen LogP contribution is 2.34. The van der Waals surface area contributed by atoms with Gasteiger partial charge in [-0.2, -0.15) is 0 Å². The van der Waals surface area contributed by atoms with Crippen molar-refractivity contribution >= 4 is 23.0 Å². The predicted octanol–water partition coefficient (Wildman–Crippen LogP) is 12.2. The summed E-state index contributed by atoms with van der Waals surface area (Å²) in [6.07, 6.45) is 8.02. The molecule has 3 heteroatoms. The summed E-state index contributed by atoms with van der Waals surface area (Å²) in [6.45, 7) is 8.65. The van der Waals surface area contributed by atoms with Crippen molar-refractivity contribution in [2.75, 3.05) is 5.32 Å². The highest BCUT2D eigenvalue weighted by Gasteiger charge is 2.10. The van der Waals surface area contributed by atoms with Crippen molar-refractivity contribution in [3.63, 3.8) is 0 Å². The van der Waals surface area contributed by atoms with Crippen LogP contribution in [0.4, 0.5) is 11.4 Å². The van der Waals surface area contributed by atoms with Gasteiger partial charge in [0.2, 0.25) is 0 Å². The van der Waals surface area contributed by atoms with Crippen molar-refractivity contribution in [2.45, 2.75) is 13.8 Å². The third-order valence-electron chi connectivity index (χ3n) is 8.77. The molecule has 0 aliphatic heterocycles. The Bertz CT molecular complexity index is 2270. The molecule has 0 saturated carbocycles. The largest absolute Gasteiger partial charge is 0.355 e. The zero-order valence-electron chi connectivity index (χ0n) is 27.8. The van der Waals surface area contributed by atoms with Crippen molar-refractivity contribution in [1.29, 1.82) is 0 Å². The van der Waals surface area contributed by atoms with Crippen molar-refractivity contribution < 1.29 is 0 Å². The Morgan fingerprint density at radius 2 is 1.22 bits per heavy atom. The summed E-state index contributed by atoms with van der Waals surface area (Å²) in [4.78, 5) is 9.06. The number of aryl methyl sites for hydroxylation is 2. The Kier molecular flexibility index (Phi) is 9.07. The first-order valence-electron chi connectivity index (χ1n) is 16.5. The van der Waals surface area contributed by atoms with Crippen LogP contribution in [0.3, 0.4) is 0 Å². The molecule has 5 aromatic carbocycles. The first-order valence-corrected chi connectivity index (χ1v) is 16.5. The molecule has 0 fully saturated rings. The van der Waals surface area contributed by atoms with Crippen molar-refractivity contribution in [3.8, 4) is 44.6 Å². The van der Waals surface area contributed by atoms with Crippen molar-refractivity contribution in [3.05, 3.63) is 193 Å². The molecule has 7 aromatic rings. The zero-order valence-corrected chi connectivity index (χ0v) is 27.8. The molecule has 0 radical (unpaired) electrons. The van der Waals surface area contributed by atoms with E-state index < -0.39 is 0 Å². The van der Waals surface area contributed by atoms with Crippen LogP contribution in [-0.2, 0) is 0 Å². The zero-order chi connectivity index (χ0) is 33.6. The summed E-state index contributed by atoms with van der Waals surface area (Å²) in [5.41, 5.74) is 16.2. The number of hydrogen-bond donors (Lipinski definition) is 1. The predicted molar refractivity (Wildman–Crippen MR) is 207 cm³/mol. The Hall–Kier alpha value is -6.32. The van der Waals surface area contributed by atoms with E-state index in [1.54, 1.807) is 0 Å². The molecule has 2 aromatic heterocycles. The maximum absolute atomic E-state index is 4.61. The van der Waals surface area contributed by atoms with Crippen LogP contribution in [0.1, 0.15) is 22.4 Å². The van der Waals surface area contributed by atoms with Gasteiger partial charge in [0.25, 0.3) is 0 Å². The van der Waals surface area contributed by atoms with E-state index in [1.807, 2.05) is 49.6 Å². The molecule has 3 nitrogen and oxygen atoms in total. The van der Waals surface area contributed by atoms with Gasteiger partial charge in [0.15, 0.2) is 0 Å². The monoisotopic (exact) mass is 631 g/mol. The summed E-state index contributed by atoms with van der Waals surface area (Å²) in [5, 5.41) is 3.67. The van der Waals surface area contributed by atoms with E-state index in [1.165, 1.54) is 16.7 Å². The van der Waals surface area contributed by atoms with Gasteiger partial charge in [-0.3, -0.25) is 9.97 Å². The van der Waals surface area contributed by atoms with E-state index in [9.17, 15) is 0 Å². The average Bonchev–Trinajstić information content (AvgIpc) is 3.15. The summed E-state index contributed by atoms with van der Waals surface area (Å²) in [5.74, 6) is 0. The number of pyridine rings is 2. The number of rotatable bonds is 9. The van der Waals surface area contributed by atoms with Crippen LogP contribution in [0, 0.1) is 13.8 Å². The van der Waals surface area contributed by atoms with E-state index in [-0.39, 0.29) is 0 Å². The number of aromatic nitrogens is 2. The number of nitrogens with zero attached hydrogens (tertiary/aromatic N) is 2. The van der Waals surface area contributed by atoms with E-state index in [4.69, 9.17) is 0 Å². The number of allylic oxidation sites excluding steroid dienone is 2. The highest BCUT2D eigenvalue weighted by molar-refractivity contribution is 5.88. The number of para-hydroxylation sites is 1. The van der Waals surface area contributed by atoms with Crippen molar-refractivity contribution in [2.24, 2.45) is 0 Å². The fourth-order valence-electron chi connectivity index (χ4n) is 5.96. The molecule has 0 atom stereocenters. The van der Waals surface area contributed by atoms with Gasteiger partial charge in [-0.15, -0.1) is 0 Å². The van der Waals surface area contributed by atoms with Crippen LogP contribution in [-0.4, -0.2) is 9.97 Å². The van der Waals surface area contributed by atoms with E-state index in [2.05, 4.69) is 156 Å². The lowest BCUT2D eigenvalue weighted by Gasteiger charge is -2.15. The number of nitrogens with one attached hydrogen (secondary N) is 1. The molecule has 0 aliphatic rings. The van der Waals surface area contributed by atoms with Crippen LogP contribution in [0.15, 0.2) is 171 Å². The Labute approximate surface area is 289 Å². The molecular formula is C46H37N3. The maximum atomic E-state index is 4.61. The quantitative estimate of drug-likeness (QED) is 0.161. The summed E-state index contributed by atoms with van der Waals surface area (Å²) in [7, 11) is 0. The maximum Gasteiger partial charge on any atom is 0.0723 e. The van der Waals surface area contributed by atoms with E-state index in [0.29, 0.717) is 0 Å². The van der Waals surface area contributed by atoms with Crippen LogP contribution >= 0.6 is 0 Å². The second-order valence-electron chi connectivity index (χ2n) is 12.2. The van der Waals surface area contributed by atoms with E-state index in [0.717, 1.165) is 67.3 Å². The third kappa shape index (κ3) is 7.32. The summed E-state index contributed by atoms with van der Waals surface area (Å²) in [6, 6.07) is 50.9. The number of anilines is 2. The molecule has 0 bridgehead atoms. The molecule has 0 saturated heterocycles. The third-order valence-corrected chi connectivity index (χ3v) is 8.77. The van der Waals surface area contributed by atoms with Gasteiger partial charge in [0.1, 0.15) is 0 Å². The first-order chi connectivity index (χ1) is 24.0. The minimum atomic E-state index is 0.907. The van der Waals surface area contributed by atoms with Crippen molar-refractivity contribution in [1.82, 2.24) is 9.97 Å². The SMILES string of the molecule is C=C(/C=C\c1cc(-c2ccnc(-c3ccc(C)nc3)c2)ccc1C)c1ccc(-c2cccc(-c3ccccc3)c2)cc1Nc1ccccc1. The van der Waals surface area contributed by atoms with Gasteiger partial charge >= 0.3 is 0 Å². The van der Waals surface area contributed by atoms with Gasteiger partial charge in [-0.05, 0) is 119 Å². The lowest BCUT2D eigenvalue weighted by Crippen LogP contribution is -1.96. The minimum absolute atomic E-state index is 0.907. The molecule has 7 rings (SSSR count). The Balaban J connectivity index is 1.19. The lowest BCUT2D eigenvalue weighted by molar-refractivity contribution is 1.19. The van der Waals surface area contributed by atoms with Gasteiger partial charge in [0, 0.05) is 40.6 Å². The molecule has 0 amide bonds. The average molecular weight is 632 g/mol. The van der Waals surface area contributed by atoms with Crippen LogP contribution < -0.4 is 5.32 Å². The molecular weight excluding hydrogens is 595 g/mol. The molecule has 2 heterocycles. The molecule has 1 N–H and O–H groups in total. The Morgan fingerprint density at radius 1 is 0.571 bits per heavy atom.